The maximum absolute atomic E-state index is 12.2. The molecule has 2 rings (SSSR count). The topological polar surface area (TPSA) is 91.4 Å². The minimum atomic E-state index is -0.716. The molecule has 1 aliphatic heterocycles. The van der Waals surface area contributed by atoms with Crippen LogP contribution in [0.2, 0.25) is 0 Å². The van der Waals surface area contributed by atoms with Gasteiger partial charge in [0.05, 0.1) is 39.1 Å². The second kappa shape index (κ2) is 8.13. The van der Waals surface area contributed by atoms with Crippen LogP contribution in [0.25, 0.3) is 0 Å². The largest absolute Gasteiger partial charge is 0.466 e. The Balaban J connectivity index is 2.58. The normalized spacial score (nSPS) is 14.2. The Morgan fingerprint density at radius 1 is 1.04 bits per heavy atom. The van der Waals surface area contributed by atoms with E-state index < -0.39 is 17.9 Å². The van der Waals surface area contributed by atoms with E-state index in [1.807, 2.05) is 0 Å². The van der Waals surface area contributed by atoms with Gasteiger partial charge in [-0.1, -0.05) is 0 Å². The van der Waals surface area contributed by atoms with Crippen molar-refractivity contribution in [1.29, 1.82) is 0 Å². The Morgan fingerprint density at radius 3 is 2.28 bits per heavy atom. The minimum absolute atomic E-state index is 0.00117. The molecule has 0 aliphatic carbocycles. The summed E-state index contributed by atoms with van der Waals surface area (Å²) in [6, 6.07) is 4.80. The fourth-order valence-electron chi connectivity index (χ4n) is 2.29. The predicted octanol–water partition coefficient (Wildman–Crippen LogP) is 1.63. The van der Waals surface area contributed by atoms with Crippen LogP contribution in [0.5, 0.6) is 0 Å². The van der Waals surface area contributed by atoms with Gasteiger partial charge >= 0.3 is 17.9 Å². The first-order valence-electron chi connectivity index (χ1n) is 7.07. The molecule has 0 spiro atoms. The molecule has 9 heteroatoms. The van der Waals surface area contributed by atoms with E-state index in [0.717, 1.165) is 0 Å². The summed E-state index contributed by atoms with van der Waals surface area (Å²) in [5.74, 6) is -1.97. The molecule has 1 aliphatic rings. The number of hydrogen-bond donors (Lipinski definition) is 0. The number of anilines is 1. The number of ether oxygens (including phenoxy) is 4. The molecule has 0 atom stereocenters. The van der Waals surface area contributed by atoms with Crippen LogP contribution in [0.1, 0.15) is 10.4 Å². The average Bonchev–Trinajstić information content (AvgIpc) is 2.65. The quantitative estimate of drug-likeness (QED) is 0.543. The third-order valence-corrected chi connectivity index (χ3v) is 4.19. The average molecular weight is 414 g/mol. The second-order valence-electron chi connectivity index (χ2n) is 4.87. The van der Waals surface area contributed by atoms with E-state index in [4.69, 9.17) is 18.9 Å². The number of carbonyl (C=O) groups is 3. The van der Waals surface area contributed by atoms with Crippen molar-refractivity contribution >= 4 is 39.5 Å². The molecule has 1 aromatic carbocycles. The SMILES string of the molecule is COC(=O)C1=C(C(=O)OC)N(c2ccc(Br)c(C(=O)OC)c2)COC1. The van der Waals surface area contributed by atoms with Gasteiger partial charge in [-0.25, -0.2) is 14.4 Å². The molecule has 1 aromatic rings. The number of carbonyl (C=O) groups excluding carboxylic acids is 3. The smallest absolute Gasteiger partial charge is 0.355 e. The summed E-state index contributed by atoms with van der Waals surface area (Å²) >= 11 is 3.27. The lowest BCUT2D eigenvalue weighted by Gasteiger charge is -2.31. The molecular formula is C16H16BrNO7. The first-order chi connectivity index (χ1) is 11.9. The number of benzene rings is 1. The van der Waals surface area contributed by atoms with Crippen LogP contribution < -0.4 is 4.90 Å². The highest BCUT2D eigenvalue weighted by Crippen LogP contribution is 2.30. The number of hydrogen-bond acceptors (Lipinski definition) is 8. The van der Waals surface area contributed by atoms with E-state index in [9.17, 15) is 14.4 Å². The number of methoxy groups -OCH3 is 3. The number of halogens is 1. The van der Waals surface area contributed by atoms with Gasteiger partial charge in [-0.05, 0) is 34.1 Å². The van der Waals surface area contributed by atoms with Gasteiger partial charge in [-0.15, -0.1) is 0 Å². The Kier molecular flexibility index (Phi) is 6.16. The van der Waals surface area contributed by atoms with Crippen LogP contribution in [0.3, 0.4) is 0 Å². The van der Waals surface area contributed by atoms with Crippen molar-refractivity contribution < 1.29 is 33.3 Å². The fourth-order valence-corrected chi connectivity index (χ4v) is 2.70. The van der Waals surface area contributed by atoms with Crippen LogP contribution in [0.4, 0.5) is 5.69 Å². The van der Waals surface area contributed by atoms with E-state index >= 15 is 0 Å². The molecule has 1 heterocycles. The van der Waals surface area contributed by atoms with Crippen LogP contribution in [0.15, 0.2) is 33.9 Å². The predicted molar refractivity (Wildman–Crippen MR) is 89.8 cm³/mol. The summed E-state index contributed by atoms with van der Waals surface area (Å²) in [7, 11) is 3.68. The van der Waals surface area contributed by atoms with Crippen molar-refractivity contribution in [2.75, 3.05) is 39.6 Å². The Bertz CT molecular complexity index is 744. The lowest BCUT2D eigenvalue weighted by Crippen LogP contribution is -2.38. The number of nitrogens with zero attached hydrogens (tertiary/aromatic N) is 1. The first kappa shape index (κ1) is 18.9. The highest BCUT2D eigenvalue weighted by molar-refractivity contribution is 9.10. The summed E-state index contributed by atoms with van der Waals surface area (Å²) in [5.41, 5.74) is 0.737. The van der Waals surface area contributed by atoms with Gasteiger partial charge in [0.2, 0.25) is 0 Å². The molecule has 0 fully saturated rings. The molecule has 0 amide bonds. The van der Waals surface area contributed by atoms with Crippen molar-refractivity contribution in [1.82, 2.24) is 0 Å². The minimum Gasteiger partial charge on any atom is -0.466 e. The molecule has 0 N–H and O–H groups in total. The first-order valence-corrected chi connectivity index (χ1v) is 7.86. The summed E-state index contributed by atoms with van der Waals surface area (Å²) < 4.78 is 20.1. The lowest BCUT2D eigenvalue weighted by atomic mass is 10.1. The van der Waals surface area contributed by atoms with Gasteiger partial charge in [0, 0.05) is 10.2 Å². The van der Waals surface area contributed by atoms with Gasteiger partial charge < -0.3 is 23.8 Å². The van der Waals surface area contributed by atoms with E-state index in [0.29, 0.717) is 10.2 Å². The van der Waals surface area contributed by atoms with Gasteiger partial charge in [0.25, 0.3) is 0 Å². The summed E-state index contributed by atoms with van der Waals surface area (Å²) in [5, 5.41) is 0. The molecule has 0 radical (unpaired) electrons. The zero-order valence-electron chi connectivity index (χ0n) is 13.8. The van der Waals surface area contributed by atoms with Crippen molar-refractivity contribution in [3.8, 4) is 0 Å². The van der Waals surface area contributed by atoms with Gasteiger partial charge in [-0.3, -0.25) is 0 Å². The standard InChI is InChI=1S/C16H16BrNO7/c1-22-14(19)10-6-9(4-5-12(10)17)18-8-25-7-11(15(20)23-2)13(18)16(21)24-3/h4-6H,7-8H2,1-3H3. The monoisotopic (exact) mass is 413 g/mol. The second-order valence-corrected chi connectivity index (χ2v) is 5.73. The third kappa shape index (κ3) is 3.83. The van der Waals surface area contributed by atoms with Crippen LogP contribution >= 0.6 is 15.9 Å². The molecule has 0 saturated carbocycles. The maximum Gasteiger partial charge on any atom is 0.355 e. The highest BCUT2D eigenvalue weighted by atomic mass is 79.9. The fraction of sp³-hybridized carbons (Fsp3) is 0.312. The number of rotatable bonds is 4. The van der Waals surface area contributed by atoms with E-state index in [2.05, 4.69) is 15.9 Å². The summed E-state index contributed by atoms with van der Waals surface area (Å²) in [6.45, 7) is -0.0961. The zero-order valence-corrected chi connectivity index (χ0v) is 15.4. The molecule has 0 unspecified atom stereocenters. The van der Waals surface area contributed by atoms with Gasteiger partial charge in [0.1, 0.15) is 12.4 Å². The molecular weight excluding hydrogens is 398 g/mol. The highest BCUT2D eigenvalue weighted by Gasteiger charge is 2.32. The Morgan fingerprint density at radius 2 is 1.68 bits per heavy atom. The van der Waals surface area contributed by atoms with Crippen molar-refractivity contribution in [3.63, 3.8) is 0 Å². The molecule has 0 bridgehead atoms. The number of esters is 3. The van der Waals surface area contributed by atoms with Crippen molar-refractivity contribution in [2.45, 2.75) is 0 Å². The van der Waals surface area contributed by atoms with Crippen LogP contribution in [0, 0.1) is 0 Å². The summed E-state index contributed by atoms with van der Waals surface area (Å²) in [6.07, 6.45) is 0. The zero-order chi connectivity index (χ0) is 18.6. The van der Waals surface area contributed by atoms with Gasteiger partial charge in [0.15, 0.2) is 0 Å². The molecule has 0 saturated heterocycles. The Labute approximate surface area is 152 Å². The molecule has 8 nitrogen and oxygen atoms in total. The van der Waals surface area contributed by atoms with Crippen LogP contribution in [-0.2, 0) is 28.5 Å². The molecule has 134 valence electrons. The lowest BCUT2D eigenvalue weighted by molar-refractivity contribution is -0.140. The van der Waals surface area contributed by atoms with Gasteiger partial charge in [-0.2, -0.15) is 0 Å². The van der Waals surface area contributed by atoms with E-state index in [1.165, 1.54) is 32.3 Å². The van der Waals surface area contributed by atoms with E-state index in [-0.39, 0.29) is 30.2 Å². The molecule has 25 heavy (non-hydrogen) atoms. The molecule has 0 aromatic heterocycles. The third-order valence-electron chi connectivity index (χ3n) is 3.50. The van der Waals surface area contributed by atoms with Crippen molar-refractivity contribution in [3.05, 3.63) is 39.5 Å². The maximum atomic E-state index is 12.2. The van der Waals surface area contributed by atoms with E-state index in [1.54, 1.807) is 12.1 Å². The summed E-state index contributed by atoms with van der Waals surface area (Å²) in [4.78, 5) is 37.5. The Hall–Kier alpha value is -2.39. The van der Waals surface area contributed by atoms with Crippen molar-refractivity contribution in [2.24, 2.45) is 0 Å². The van der Waals surface area contributed by atoms with Crippen LogP contribution in [-0.4, -0.2) is 52.6 Å².